The van der Waals surface area contributed by atoms with Crippen LogP contribution in [-0.4, -0.2) is 31.5 Å². The Morgan fingerprint density at radius 1 is 1.26 bits per heavy atom. The maximum absolute atomic E-state index is 12.0. The quantitative estimate of drug-likeness (QED) is 0.647. The van der Waals surface area contributed by atoms with Gasteiger partial charge in [0.15, 0.2) is 0 Å². The Morgan fingerprint density at radius 2 is 1.95 bits per heavy atom. The van der Waals surface area contributed by atoms with Crippen LogP contribution in [0.4, 0.5) is 13.2 Å². The summed E-state index contributed by atoms with van der Waals surface area (Å²) in [6.45, 7) is 6.39. The van der Waals surface area contributed by atoms with E-state index in [1.165, 1.54) is 0 Å². The fourth-order valence-electron chi connectivity index (χ4n) is 2.31. The third-order valence-corrected chi connectivity index (χ3v) is 3.59. The molecule has 1 aliphatic rings. The third-order valence-electron chi connectivity index (χ3n) is 3.59. The average molecular weight is 281 g/mol. The molecule has 0 heterocycles. The first-order valence-electron chi connectivity index (χ1n) is 7.24. The van der Waals surface area contributed by atoms with E-state index < -0.39 is 12.6 Å². The van der Waals surface area contributed by atoms with E-state index in [1.54, 1.807) is 0 Å². The van der Waals surface area contributed by atoms with Crippen LogP contribution >= 0.6 is 0 Å². The third kappa shape index (κ3) is 7.16. The molecule has 0 radical (unpaired) electrons. The largest absolute Gasteiger partial charge is 0.389 e. The van der Waals surface area contributed by atoms with Crippen LogP contribution in [0.15, 0.2) is 0 Å². The Morgan fingerprint density at radius 3 is 2.42 bits per heavy atom. The van der Waals surface area contributed by atoms with E-state index in [-0.39, 0.29) is 18.6 Å². The van der Waals surface area contributed by atoms with Gasteiger partial charge >= 0.3 is 6.18 Å². The summed E-state index contributed by atoms with van der Waals surface area (Å²) in [4.78, 5) is 0. The zero-order chi connectivity index (χ0) is 14.4. The van der Waals surface area contributed by atoms with Gasteiger partial charge in [0.05, 0.1) is 5.60 Å². The molecule has 0 spiro atoms. The second-order valence-electron chi connectivity index (χ2n) is 5.95. The molecule has 0 aromatic carbocycles. The van der Waals surface area contributed by atoms with Crippen molar-refractivity contribution in [3.8, 4) is 0 Å². The van der Waals surface area contributed by atoms with Crippen LogP contribution in [0.5, 0.6) is 0 Å². The van der Waals surface area contributed by atoms with Crippen LogP contribution in [0.3, 0.4) is 0 Å². The van der Waals surface area contributed by atoms with Gasteiger partial charge in [-0.2, -0.15) is 13.2 Å². The van der Waals surface area contributed by atoms with Crippen LogP contribution in [0.25, 0.3) is 0 Å². The average Bonchev–Trinajstić information content (AvgIpc) is 2.23. The molecule has 114 valence electrons. The second-order valence-corrected chi connectivity index (χ2v) is 5.95. The van der Waals surface area contributed by atoms with Crippen LogP contribution in [-0.2, 0) is 4.74 Å². The summed E-state index contributed by atoms with van der Waals surface area (Å²) < 4.78 is 41.8. The highest BCUT2D eigenvalue weighted by atomic mass is 19.4. The molecule has 0 aromatic rings. The molecule has 1 N–H and O–H groups in total. The molecule has 0 aliphatic heterocycles. The smallest absolute Gasteiger partial charge is 0.375 e. The van der Waals surface area contributed by atoms with Gasteiger partial charge in [-0.1, -0.05) is 13.8 Å². The minimum absolute atomic E-state index is 0.0741. The Hall–Kier alpha value is -0.290. The van der Waals surface area contributed by atoms with Gasteiger partial charge in [-0.15, -0.1) is 0 Å². The van der Waals surface area contributed by atoms with Crippen molar-refractivity contribution in [2.75, 3.05) is 19.7 Å². The van der Waals surface area contributed by atoms with E-state index in [9.17, 15) is 13.2 Å². The van der Waals surface area contributed by atoms with E-state index in [2.05, 4.69) is 19.2 Å². The highest BCUT2D eigenvalue weighted by molar-refractivity contribution is 4.90. The van der Waals surface area contributed by atoms with Gasteiger partial charge in [0.1, 0.15) is 0 Å². The normalized spacial score (nSPS) is 18.6. The Balaban J connectivity index is 2.13. The highest BCUT2D eigenvalue weighted by Gasteiger charge is 2.37. The number of nitrogens with one attached hydrogen (secondary N) is 1. The van der Waals surface area contributed by atoms with Crippen molar-refractivity contribution < 1.29 is 17.9 Å². The lowest BCUT2D eigenvalue weighted by Crippen LogP contribution is -2.43. The molecule has 1 aliphatic carbocycles. The van der Waals surface area contributed by atoms with Crippen molar-refractivity contribution in [1.82, 2.24) is 5.32 Å². The first-order chi connectivity index (χ1) is 8.83. The van der Waals surface area contributed by atoms with Gasteiger partial charge in [-0.3, -0.25) is 0 Å². The lowest BCUT2D eigenvalue weighted by molar-refractivity contribution is -0.148. The number of alkyl halides is 3. The molecule has 1 fully saturated rings. The van der Waals surface area contributed by atoms with Gasteiger partial charge in [0, 0.05) is 13.0 Å². The molecule has 0 bridgehead atoms. The summed E-state index contributed by atoms with van der Waals surface area (Å²) in [5.41, 5.74) is -0.143. The summed E-state index contributed by atoms with van der Waals surface area (Å²) in [5, 5.41) is 3.36. The minimum atomic E-state index is -4.06. The van der Waals surface area contributed by atoms with Crippen molar-refractivity contribution in [2.45, 2.75) is 64.1 Å². The maximum Gasteiger partial charge on any atom is 0.389 e. The molecule has 2 nitrogen and oxygen atoms in total. The van der Waals surface area contributed by atoms with E-state index >= 15 is 0 Å². The molecule has 19 heavy (non-hydrogen) atoms. The molecular weight excluding hydrogens is 255 g/mol. The first-order valence-corrected chi connectivity index (χ1v) is 7.24. The molecule has 5 heteroatoms. The predicted octanol–water partition coefficient (Wildman–Crippen LogP) is 3.90. The number of hydrogen-bond acceptors (Lipinski definition) is 2. The molecule has 0 amide bonds. The van der Waals surface area contributed by atoms with Crippen LogP contribution in [0, 0.1) is 5.92 Å². The highest BCUT2D eigenvalue weighted by Crippen LogP contribution is 2.38. The molecule has 1 saturated carbocycles. The fraction of sp³-hybridized carbons (Fsp3) is 1.00. The van der Waals surface area contributed by atoms with Gasteiger partial charge in [-0.25, -0.2) is 0 Å². The first kappa shape index (κ1) is 16.8. The molecular formula is C14H26F3NO. The summed E-state index contributed by atoms with van der Waals surface area (Å²) in [6, 6.07) is 0. The summed E-state index contributed by atoms with van der Waals surface area (Å²) in [7, 11) is 0. The predicted molar refractivity (Wildman–Crippen MR) is 70.1 cm³/mol. The summed E-state index contributed by atoms with van der Waals surface area (Å²) in [5.74, 6) is 0.616. The van der Waals surface area contributed by atoms with Crippen LogP contribution in [0.1, 0.15) is 52.4 Å². The number of rotatable bonds is 9. The minimum Gasteiger partial charge on any atom is -0.375 e. The number of hydrogen-bond donors (Lipinski definition) is 1. The van der Waals surface area contributed by atoms with Crippen molar-refractivity contribution in [2.24, 2.45) is 5.92 Å². The topological polar surface area (TPSA) is 21.3 Å². The Bertz CT molecular complexity index is 250. The van der Waals surface area contributed by atoms with Gasteiger partial charge in [0.25, 0.3) is 0 Å². The van der Waals surface area contributed by atoms with E-state index in [0.717, 1.165) is 38.8 Å². The summed E-state index contributed by atoms with van der Waals surface area (Å²) in [6.07, 6.45) is -0.714. The molecule has 1 rings (SSSR count). The summed E-state index contributed by atoms with van der Waals surface area (Å²) >= 11 is 0. The van der Waals surface area contributed by atoms with Gasteiger partial charge in [-0.05, 0) is 51.1 Å². The Kier molecular flexibility index (Phi) is 6.60. The van der Waals surface area contributed by atoms with Gasteiger partial charge in [0.2, 0.25) is 0 Å². The zero-order valence-corrected chi connectivity index (χ0v) is 12.0. The monoisotopic (exact) mass is 281 g/mol. The lowest BCUT2D eigenvalue weighted by atomic mass is 9.77. The molecule has 0 aromatic heterocycles. The zero-order valence-electron chi connectivity index (χ0n) is 12.0. The Labute approximate surface area is 114 Å². The van der Waals surface area contributed by atoms with Crippen molar-refractivity contribution in [3.05, 3.63) is 0 Å². The van der Waals surface area contributed by atoms with Gasteiger partial charge < -0.3 is 10.1 Å². The molecule has 0 unspecified atom stereocenters. The SMILES string of the molecule is CC(C)CNCCC1(OCCCC(F)(F)F)CCC1. The van der Waals surface area contributed by atoms with E-state index in [0.29, 0.717) is 5.92 Å². The number of halogens is 3. The van der Waals surface area contributed by atoms with E-state index in [1.807, 2.05) is 0 Å². The fourth-order valence-corrected chi connectivity index (χ4v) is 2.31. The second kappa shape index (κ2) is 7.48. The lowest BCUT2D eigenvalue weighted by Gasteiger charge is -2.42. The number of ether oxygens (including phenoxy) is 1. The standard InChI is InChI=1S/C14H26F3NO/c1-12(2)11-18-9-8-13(5-3-6-13)19-10-4-7-14(15,16)17/h12,18H,3-11H2,1-2H3. The molecule has 0 saturated heterocycles. The van der Waals surface area contributed by atoms with Crippen molar-refractivity contribution in [3.63, 3.8) is 0 Å². The van der Waals surface area contributed by atoms with Crippen LogP contribution < -0.4 is 5.32 Å². The van der Waals surface area contributed by atoms with Crippen LogP contribution in [0.2, 0.25) is 0 Å². The molecule has 0 atom stereocenters. The maximum atomic E-state index is 12.0. The van der Waals surface area contributed by atoms with Crippen molar-refractivity contribution >= 4 is 0 Å². The van der Waals surface area contributed by atoms with Crippen molar-refractivity contribution in [1.29, 1.82) is 0 Å². The van der Waals surface area contributed by atoms with E-state index in [4.69, 9.17) is 4.74 Å².